The third-order valence-corrected chi connectivity index (χ3v) is 2.17. The van der Waals surface area contributed by atoms with Crippen LogP contribution in [-0.2, 0) is 18.3 Å². The Bertz CT molecular complexity index is 350. The molecule has 3 nitrogen and oxygen atoms in total. The zero-order chi connectivity index (χ0) is 10.6. The number of nitrogens with zero attached hydrogens (tertiary/aromatic N) is 2. The quantitative estimate of drug-likeness (QED) is 0.540. The van der Waals surface area contributed by atoms with Gasteiger partial charge in [-0.05, 0) is 24.5 Å². The van der Waals surface area contributed by atoms with Crippen LogP contribution in [0.3, 0.4) is 0 Å². The van der Waals surface area contributed by atoms with E-state index in [2.05, 4.69) is 12.0 Å². The van der Waals surface area contributed by atoms with Crippen molar-refractivity contribution in [2.75, 3.05) is 0 Å². The van der Waals surface area contributed by atoms with Crippen LogP contribution >= 0.6 is 0 Å². The standard InChI is InChI=1S/C11H16N2O/c1-4-9(8-14)6-10-7-13(3)12-11(10)5-2/h6-8H,4-5H2,1-3H3. The summed E-state index contributed by atoms with van der Waals surface area (Å²) >= 11 is 0. The van der Waals surface area contributed by atoms with E-state index < -0.39 is 0 Å². The Hall–Kier alpha value is -1.38. The second-order valence-corrected chi connectivity index (χ2v) is 3.25. The monoisotopic (exact) mass is 192 g/mol. The van der Waals surface area contributed by atoms with Crippen molar-refractivity contribution in [1.82, 2.24) is 9.78 Å². The van der Waals surface area contributed by atoms with Crippen LogP contribution in [0.1, 0.15) is 31.5 Å². The Morgan fingerprint density at radius 2 is 2.29 bits per heavy atom. The molecule has 0 aromatic carbocycles. The topological polar surface area (TPSA) is 34.9 Å². The molecule has 0 radical (unpaired) electrons. The highest BCUT2D eigenvalue weighted by molar-refractivity contribution is 5.81. The summed E-state index contributed by atoms with van der Waals surface area (Å²) in [5.74, 6) is 0. The Morgan fingerprint density at radius 1 is 1.57 bits per heavy atom. The predicted octanol–water partition coefficient (Wildman–Crippen LogP) is 1.97. The van der Waals surface area contributed by atoms with E-state index in [0.717, 1.165) is 36.0 Å². The lowest BCUT2D eigenvalue weighted by Crippen LogP contribution is -1.89. The number of hydrogen-bond acceptors (Lipinski definition) is 2. The molecule has 1 heterocycles. The highest BCUT2D eigenvalue weighted by Crippen LogP contribution is 2.12. The van der Waals surface area contributed by atoms with Crippen molar-refractivity contribution < 1.29 is 4.79 Å². The molecular formula is C11H16N2O. The van der Waals surface area contributed by atoms with E-state index in [1.54, 1.807) is 4.68 Å². The predicted molar refractivity (Wildman–Crippen MR) is 56.9 cm³/mol. The second kappa shape index (κ2) is 4.74. The highest BCUT2D eigenvalue weighted by atomic mass is 16.1. The van der Waals surface area contributed by atoms with Crippen molar-refractivity contribution in [2.45, 2.75) is 26.7 Å². The van der Waals surface area contributed by atoms with E-state index in [1.807, 2.05) is 26.2 Å². The van der Waals surface area contributed by atoms with Gasteiger partial charge in [0.05, 0.1) is 5.69 Å². The van der Waals surface area contributed by atoms with Gasteiger partial charge >= 0.3 is 0 Å². The van der Waals surface area contributed by atoms with Crippen LogP contribution in [-0.4, -0.2) is 16.1 Å². The molecule has 76 valence electrons. The third kappa shape index (κ3) is 2.31. The molecular weight excluding hydrogens is 176 g/mol. The van der Waals surface area contributed by atoms with E-state index in [1.165, 1.54) is 0 Å². The van der Waals surface area contributed by atoms with Crippen molar-refractivity contribution in [1.29, 1.82) is 0 Å². The molecule has 1 aromatic rings. The van der Waals surface area contributed by atoms with Crippen LogP contribution in [0.25, 0.3) is 6.08 Å². The van der Waals surface area contributed by atoms with Gasteiger partial charge in [-0.15, -0.1) is 0 Å². The maximum Gasteiger partial charge on any atom is 0.146 e. The smallest absolute Gasteiger partial charge is 0.146 e. The van der Waals surface area contributed by atoms with Crippen molar-refractivity contribution in [3.05, 3.63) is 23.0 Å². The minimum Gasteiger partial charge on any atom is -0.298 e. The normalized spacial score (nSPS) is 11.8. The molecule has 1 rings (SSSR count). The van der Waals surface area contributed by atoms with Crippen LogP contribution in [0.15, 0.2) is 11.8 Å². The van der Waals surface area contributed by atoms with Crippen molar-refractivity contribution in [3.8, 4) is 0 Å². The van der Waals surface area contributed by atoms with Crippen LogP contribution in [0.4, 0.5) is 0 Å². The van der Waals surface area contributed by atoms with Gasteiger partial charge in [0.15, 0.2) is 0 Å². The molecule has 14 heavy (non-hydrogen) atoms. The van der Waals surface area contributed by atoms with Gasteiger partial charge < -0.3 is 0 Å². The summed E-state index contributed by atoms with van der Waals surface area (Å²) in [6, 6.07) is 0. The maximum atomic E-state index is 10.7. The van der Waals surface area contributed by atoms with Gasteiger partial charge in [0, 0.05) is 18.8 Å². The molecule has 0 bridgehead atoms. The lowest BCUT2D eigenvalue weighted by molar-refractivity contribution is -0.104. The molecule has 0 aliphatic rings. The first-order valence-corrected chi connectivity index (χ1v) is 4.89. The van der Waals surface area contributed by atoms with E-state index >= 15 is 0 Å². The number of hydrogen-bond donors (Lipinski definition) is 0. The molecule has 3 heteroatoms. The average molecular weight is 192 g/mol. The summed E-state index contributed by atoms with van der Waals surface area (Å²) in [6.07, 6.45) is 6.42. The molecule has 0 amide bonds. The van der Waals surface area contributed by atoms with E-state index in [0.29, 0.717) is 0 Å². The lowest BCUT2D eigenvalue weighted by atomic mass is 10.1. The van der Waals surface area contributed by atoms with Crippen molar-refractivity contribution in [3.63, 3.8) is 0 Å². The molecule has 0 N–H and O–H groups in total. The Balaban J connectivity index is 3.05. The average Bonchev–Trinajstić information content (AvgIpc) is 2.55. The van der Waals surface area contributed by atoms with Gasteiger partial charge in [-0.1, -0.05) is 13.8 Å². The largest absolute Gasteiger partial charge is 0.298 e. The number of rotatable bonds is 4. The van der Waals surface area contributed by atoms with Gasteiger partial charge in [0.1, 0.15) is 6.29 Å². The van der Waals surface area contributed by atoms with Crippen LogP contribution in [0.2, 0.25) is 0 Å². The highest BCUT2D eigenvalue weighted by Gasteiger charge is 2.03. The minimum absolute atomic E-state index is 0.765. The molecule has 0 saturated heterocycles. The van der Waals surface area contributed by atoms with Crippen LogP contribution in [0, 0.1) is 0 Å². The number of carbonyl (C=O) groups excluding carboxylic acids is 1. The first-order valence-electron chi connectivity index (χ1n) is 4.89. The van der Waals surface area contributed by atoms with E-state index in [9.17, 15) is 4.79 Å². The molecule has 0 aliphatic heterocycles. The van der Waals surface area contributed by atoms with Crippen molar-refractivity contribution in [2.24, 2.45) is 7.05 Å². The summed E-state index contributed by atoms with van der Waals surface area (Å²) in [6.45, 7) is 4.04. The number of aldehydes is 1. The Morgan fingerprint density at radius 3 is 2.79 bits per heavy atom. The fourth-order valence-electron chi connectivity index (χ4n) is 1.37. The SMILES string of the molecule is CCC(C=O)=Cc1cn(C)nc1CC. The minimum atomic E-state index is 0.765. The molecule has 0 saturated carbocycles. The molecule has 0 atom stereocenters. The lowest BCUT2D eigenvalue weighted by Gasteiger charge is -1.94. The number of aryl methyl sites for hydroxylation is 2. The summed E-state index contributed by atoms with van der Waals surface area (Å²) in [5, 5.41) is 4.31. The van der Waals surface area contributed by atoms with Crippen LogP contribution in [0.5, 0.6) is 0 Å². The zero-order valence-corrected chi connectivity index (χ0v) is 8.95. The summed E-state index contributed by atoms with van der Waals surface area (Å²) in [7, 11) is 1.89. The molecule has 0 spiro atoms. The van der Waals surface area contributed by atoms with E-state index in [-0.39, 0.29) is 0 Å². The Labute approximate surface area is 84.4 Å². The molecule has 0 fully saturated rings. The maximum absolute atomic E-state index is 10.7. The van der Waals surface area contributed by atoms with Crippen LogP contribution < -0.4 is 0 Å². The number of carbonyl (C=O) groups is 1. The fraction of sp³-hybridized carbons (Fsp3) is 0.455. The third-order valence-electron chi connectivity index (χ3n) is 2.17. The van der Waals surface area contributed by atoms with Gasteiger partial charge in [-0.2, -0.15) is 5.10 Å². The van der Waals surface area contributed by atoms with Gasteiger partial charge in [-0.3, -0.25) is 9.48 Å². The number of allylic oxidation sites excluding steroid dienone is 1. The zero-order valence-electron chi connectivity index (χ0n) is 8.95. The van der Waals surface area contributed by atoms with E-state index in [4.69, 9.17) is 0 Å². The summed E-state index contributed by atoms with van der Waals surface area (Å²) in [4.78, 5) is 10.7. The first kappa shape index (κ1) is 10.7. The van der Waals surface area contributed by atoms with Gasteiger partial charge in [0.25, 0.3) is 0 Å². The number of aromatic nitrogens is 2. The van der Waals surface area contributed by atoms with Gasteiger partial charge in [0.2, 0.25) is 0 Å². The summed E-state index contributed by atoms with van der Waals surface area (Å²) in [5.41, 5.74) is 2.91. The Kier molecular flexibility index (Phi) is 3.63. The fourth-order valence-corrected chi connectivity index (χ4v) is 1.37. The van der Waals surface area contributed by atoms with Gasteiger partial charge in [-0.25, -0.2) is 0 Å². The molecule has 1 aromatic heterocycles. The second-order valence-electron chi connectivity index (χ2n) is 3.25. The first-order chi connectivity index (χ1) is 6.71. The molecule has 0 aliphatic carbocycles. The molecule has 0 unspecified atom stereocenters. The van der Waals surface area contributed by atoms with Crippen molar-refractivity contribution >= 4 is 12.4 Å². The summed E-state index contributed by atoms with van der Waals surface area (Å²) < 4.78 is 1.78.